The molecule has 5 nitrogen and oxygen atoms in total. The van der Waals surface area contributed by atoms with E-state index in [-0.39, 0.29) is 15.9 Å². The SMILES string of the molecule is COc1nc(OC)c2c(n1)C(Br)C(Br)O2. The zero-order valence-electron chi connectivity index (χ0n) is 8.03. The molecule has 82 valence electrons. The minimum atomic E-state index is -0.178. The predicted molar refractivity (Wildman–Crippen MR) is 60.1 cm³/mol. The van der Waals surface area contributed by atoms with Crippen LogP contribution < -0.4 is 14.2 Å². The first-order valence-corrected chi connectivity index (χ1v) is 5.95. The molecule has 0 radical (unpaired) electrons. The third-order valence-electron chi connectivity index (χ3n) is 1.94. The molecule has 15 heavy (non-hydrogen) atoms. The van der Waals surface area contributed by atoms with Crippen molar-refractivity contribution in [3.63, 3.8) is 0 Å². The molecule has 0 saturated carbocycles. The van der Waals surface area contributed by atoms with Crippen LogP contribution in [0.5, 0.6) is 17.6 Å². The maximum atomic E-state index is 5.50. The van der Waals surface area contributed by atoms with Crippen LogP contribution in [0.4, 0.5) is 0 Å². The van der Waals surface area contributed by atoms with Crippen LogP contribution in [0.3, 0.4) is 0 Å². The fourth-order valence-electron chi connectivity index (χ4n) is 1.25. The molecule has 0 bridgehead atoms. The summed E-state index contributed by atoms with van der Waals surface area (Å²) < 4.78 is 15.6. The molecule has 2 rings (SSSR count). The normalized spacial score (nSPS) is 23.2. The Morgan fingerprint density at radius 1 is 1.20 bits per heavy atom. The third kappa shape index (κ3) is 1.78. The van der Waals surface area contributed by atoms with Gasteiger partial charge in [0.15, 0.2) is 5.01 Å². The van der Waals surface area contributed by atoms with E-state index < -0.39 is 0 Å². The minimum Gasteiger partial charge on any atom is -0.478 e. The molecule has 1 aromatic rings. The molecule has 0 aliphatic carbocycles. The summed E-state index contributed by atoms with van der Waals surface area (Å²) in [7, 11) is 3.03. The number of hydrogen-bond donors (Lipinski definition) is 0. The number of alkyl halides is 2. The fourth-order valence-corrected chi connectivity index (χ4v) is 2.11. The lowest BCUT2D eigenvalue weighted by molar-refractivity contribution is 0.294. The van der Waals surface area contributed by atoms with Crippen molar-refractivity contribution in [1.29, 1.82) is 0 Å². The molecule has 0 aromatic carbocycles. The van der Waals surface area contributed by atoms with Gasteiger partial charge in [-0.05, 0) is 15.9 Å². The average Bonchev–Trinajstić information content (AvgIpc) is 2.54. The van der Waals surface area contributed by atoms with Gasteiger partial charge in [0.2, 0.25) is 5.75 Å². The monoisotopic (exact) mass is 338 g/mol. The molecule has 0 N–H and O–H groups in total. The fraction of sp³-hybridized carbons (Fsp3) is 0.500. The summed E-state index contributed by atoms with van der Waals surface area (Å²) in [6.45, 7) is 0. The Labute approximate surface area is 103 Å². The molecule has 1 aromatic heterocycles. The Morgan fingerprint density at radius 3 is 2.53 bits per heavy atom. The summed E-state index contributed by atoms with van der Waals surface area (Å²) in [5.74, 6) is 0.922. The van der Waals surface area contributed by atoms with Crippen LogP contribution >= 0.6 is 31.9 Å². The van der Waals surface area contributed by atoms with E-state index in [1.54, 1.807) is 0 Å². The Morgan fingerprint density at radius 2 is 1.93 bits per heavy atom. The number of aromatic nitrogens is 2. The van der Waals surface area contributed by atoms with E-state index in [1.807, 2.05) is 0 Å². The van der Waals surface area contributed by atoms with E-state index in [1.165, 1.54) is 14.2 Å². The number of halogens is 2. The Kier molecular flexibility index (Phi) is 3.01. The van der Waals surface area contributed by atoms with Crippen LogP contribution in [0, 0.1) is 0 Å². The largest absolute Gasteiger partial charge is 0.478 e. The molecule has 0 amide bonds. The summed E-state index contributed by atoms with van der Waals surface area (Å²) in [5, 5.41) is -0.178. The second-order valence-corrected chi connectivity index (χ2v) is 4.69. The standard InChI is InChI=1S/C8H8Br2N2O3/c1-13-7-5-4(3(9)6(10)15-5)11-8(12-7)14-2/h3,6H,1-2H3. The Hall–Kier alpha value is -0.560. The second kappa shape index (κ2) is 4.13. The maximum absolute atomic E-state index is 5.50. The summed E-state index contributed by atoms with van der Waals surface area (Å²) in [5.41, 5.74) is 0.723. The first-order valence-electron chi connectivity index (χ1n) is 4.12. The Bertz CT molecular complexity index is 388. The van der Waals surface area contributed by atoms with Gasteiger partial charge >= 0.3 is 6.01 Å². The van der Waals surface area contributed by atoms with E-state index in [2.05, 4.69) is 41.8 Å². The van der Waals surface area contributed by atoms with Gasteiger partial charge in [0, 0.05) is 0 Å². The van der Waals surface area contributed by atoms with Gasteiger partial charge in [-0.1, -0.05) is 15.9 Å². The van der Waals surface area contributed by atoms with Crippen molar-refractivity contribution in [2.24, 2.45) is 0 Å². The highest BCUT2D eigenvalue weighted by Gasteiger charge is 2.36. The highest BCUT2D eigenvalue weighted by Crippen LogP contribution is 2.47. The smallest absolute Gasteiger partial charge is 0.319 e. The van der Waals surface area contributed by atoms with Crippen LogP contribution in [-0.4, -0.2) is 29.2 Å². The molecule has 1 aliphatic heterocycles. The third-order valence-corrected chi connectivity index (χ3v) is 4.28. The van der Waals surface area contributed by atoms with Gasteiger partial charge in [-0.2, -0.15) is 9.97 Å². The molecule has 2 unspecified atom stereocenters. The molecule has 0 saturated heterocycles. The van der Waals surface area contributed by atoms with Crippen LogP contribution in [0.1, 0.15) is 10.5 Å². The highest BCUT2D eigenvalue weighted by atomic mass is 79.9. The lowest BCUT2D eigenvalue weighted by Gasteiger charge is -2.06. The van der Waals surface area contributed by atoms with E-state index >= 15 is 0 Å². The zero-order chi connectivity index (χ0) is 11.0. The van der Waals surface area contributed by atoms with Gasteiger partial charge < -0.3 is 14.2 Å². The molecular formula is C8H8Br2N2O3. The number of fused-ring (bicyclic) bond motifs is 1. The Balaban J connectivity index is 2.52. The molecule has 1 aliphatic rings. The number of ether oxygens (including phenoxy) is 3. The van der Waals surface area contributed by atoms with Crippen molar-refractivity contribution in [2.75, 3.05) is 14.2 Å². The number of methoxy groups -OCH3 is 2. The first kappa shape index (κ1) is 10.9. The van der Waals surface area contributed by atoms with E-state index in [0.29, 0.717) is 11.6 Å². The lowest BCUT2D eigenvalue weighted by atomic mass is 10.3. The van der Waals surface area contributed by atoms with E-state index in [9.17, 15) is 0 Å². The molecule has 0 spiro atoms. The van der Waals surface area contributed by atoms with E-state index in [0.717, 1.165) is 5.69 Å². The molecule has 2 atom stereocenters. The number of hydrogen-bond acceptors (Lipinski definition) is 5. The first-order chi connectivity index (χ1) is 7.17. The van der Waals surface area contributed by atoms with Gasteiger partial charge in [-0.3, -0.25) is 0 Å². The van der Waals surface area contributed by atoms with Crippen molar-refractivity contribution in [1.82, 2.24) is 9.97 Å². The summed E-state index contributed by atoms with van der Waals surface area (Å²) in [6.07, 6.45) is 0. The van der Waals surface area contributed by atoms with Crippen LogP contribution in [0.2, 0.25) is 0 Å². The van der Waals surface area contributed by atoms with Crippen molar-refractivity contribution in [2.45, 2.75) is 9.84 Å². The number of rotatable bonds is 2. The molecule has 7 heteroatoms. The highest BCUT2D eigenvalue weighted by molar-refractivity contribution is 9.12. The predicted octanol–water partition coefficient (Wildman–Crippen LogP) is 2.04. The van der Waals surface area contributed by atoms with Crippen LogP contribution in [-0.2, 0) is 0 Å². The summed E-state index contributed by atoms with van der Waals surface area (Å²) in [6, 6.07) is 0.264. The zero-order valence-corrected chi connectivity index (χ0v) is 11.2. The van der Waals surface area contributed by atoms with Crippen molar-refractivity contribution < 1.29 is 14.2 Å². The van der Waals surface area contributed by atoms with Crippen molar-refractivity contribution in [3.05, 3.63) is 5.69 Å². The van der Waals surface area contributed by atoms with Gasteiger partial charge in [0.25, 0.3) is 5.88 Å². The lowest BCUT2D eigenvalue weighted by Crippen LogP contribution is -2.04. The van der Waals surface area contributed by atoms with Gasteiger partial charge in [0.1, 0.15) is 10.5 Å². The molecule has 0 fully saturated rings. The van der Waals surface area contributed by atoms with Crippen molar-refractivity contribution >= 4 is 31.9 Å². The summed E-state index contributed by atoms with van der Waals surface area (Å²) in [4.78, 5) is 8.18. The van der Waals surface area contributed by atoms with Gasteiger partial charge in [-0.25, -0.2) is 0 Å². The van der Waals surface area contributed by atoms with E-state index in [4.69, 9.17) is 14.2 Å². The topological polar surface area (TPSA) is 53.5 Å². The quantitative estimate of drug-likeness (QED) is 0.772. The molecular weight excluding hydrogens is 332 g/mol. The van der Waals surface area contributed by atoms with Crippen LogP contribution in [0.15, 0.2) is 0 Å². The van der Waals surface area contributed by atoms with Crippen LogP contribution in [0.25, 0.3) is 0 Å². The average molecular weight is 340 g/mol. The molecule has 2 heterocycles. The van der Waals surface area contributed by atoms with Gasteiger partial charge in [-0.15, -0.1) is 0 Å². The number of nitrogens with zero attached hydrogens (tertiary/aromatic N) is 2. The van der Waals surface area contributed by atoms with Gasteiger partial charge in [0.05, 0.1) is 14.2 Å². The minimum absolute atomic E-state index is 0.0432. The second-order valence-electron chi connectivity index (χ2n) is 2.80. The van der Waals surface area contributed by atoms with Crippen molar-refractivity contribution in [3.8, 4) is 17.6 Å². The maximum Gasteiger partial charge on any atom is 0.319 e. The summed E-state index contributed by atoms with van der Waals surface area (Å²) >= 11 is 6.82.